The van der Waals surface area contributed by atoms with E-state index >= 15 is 0 Å². The van der Waals surface area contributed by atoms with Crippen LogP contribution >= 0.6 is 11.8 Å². The number of hydrogen-bond donors (Lipinski definition) is 1. The van der Waals surface area contributed by atoms with Crippen molar-refractivity contribution in [3.63, 3.8) is 0 Å². The number of carboxylic acids is 1. The van der Waals surface area contributed by atoms with Crippen LogP contribution in [0, 0.1) is 13.8 Å². The summed E-state index contributed by atoms with van der Waals surface area (Å²) in [4.78, 5) is 28.7. The third kappa shape index (κ3) is 3.78. The monoisotopic (exact) mass is 396 g/mol. The molecule has 0 bridgehead atoms. The highest BCUT2D eigenvalue weighted by Crippen LogP contribution is 2.42. The summed E-state index contributed by atoms with van der Waals surface area (Å²) in [7, 11) is -3.12. The van der Waals surface area contributed by atoms with E-state index in [0.29, 0.717) is 5.17 Å². The highest BCUT2D eigenvalue weighted by molar-refractivity contribution is 8.16. The molecule has 0 aromatic heterocycles. The summed E-state index contributed by atoms with van der Waals surface area (Å²) in [6, 6.07) is 5.49. The molecule has 2 unspecified atom stereocenters. The Hall–Kier alpha value is -1.87. The second-order valence-corrected chi connectivity index (χ2v) is 9.93. The fraction of sp³-hybridized carbons (Fsp3) is 0.471. The van der Waals surface area contributed by atoms with Gasteiger partial charge in [-0.15, -0.1) is 0 Å². The zero-order valence-electron chi connectivity index (χ0n) is 14.5. The second-order valence-electron chi connectivity index (χ2n) is 6.57. The summed E-state index contributed by atoms with van der Waals surface area (Å²) in [5.41, 5.74) is 2.91. The Kier molecular flexibility index (Phi) is 5.12. The average molecular weight is 396 g/mol. The van der Waals surface area contributed by atoms with Gasteiger partial charge in [-0.05, 0) is 31.0 Å². The molecule has 0 aliphatic carbocycles. The molecule has 2 heterocycles. The van der Waals surface area contributed by atoms with Crippen molar-refractivity contribution < 1.29 is 23.1 Å². The van der Waals surface area contributed by atoms with E-state index in [1.165, 1.54) is 11.8 Å². The average Bonchev–Trinajstić information content (AvgIpc) is 2.99. The van der Waals surface area contributed by atoms with E-state index in [9.17, 15) is 18.0 Å². The minimum Gasteiger partial charge on any atom is -0.481 e. The van der Waals surface area contributed by atoms with Gasteiger partial charge in [-0.25, -0.2) is 8.42 Å². The molecule has 7 nitrogen and oxygen atoms in total. The van der Waals surface area contributed by atoms with Crippen molar-refractivity contribution >= 4 is 44.3 Å². The molecule has 1 aromatic rings. The Labute approximate surface area is 156 Å². The van der Waals surface area contributed by atoms with Crippen molar-refractivity contribution in [2.24, 2.45) is 4.99 Å². The van der Waals surface area contributed by atoms with Crippen LogP contribution in [0.1, 0.15) is 24.0 Å². The van der Waals surface area contributed by atoms with E-state index in [4.69, 9.17) is 5.11 Å². The van der Waals surface area contributed by atoms with Gasteiger partial charge in [0.1, 0.15) is 0 Å². The molecular weight excluding hydrogens is 376 g/mol. The number of amides is 1. The first-order chi connectivity index (χ1) is 12.2. The number of anilines is 1. The molecule has 1 aromatic carbocycles. The minimum atomic E-state index is -3.12. The topological polar surface area (TPSA) is 104 Å². The van der Waals surface area contributed by atoms with Crippen molar-refractivity contribution in [3.05, 3.63) is 29.3 Å². The van der Waals surface area contributed by atoms with Gasteiger partial charge in [0.05, 0.1) is 24.0 Å². The smallest absolute Gasteiger partial charge is 0.303 e. The summed E-state index contributed by atoms with van der Waals surface area (Å²) in [5.74, 6) is -1.47. The molecular formula is C17H20N2O5S2. The van der Waals surface area contributed by atoms with Crippen molar-refractivity contribution in [1.29, 1.82) is 0 Å². The fourth-order valence-electron chi connectivity index (χ4n) is 3.22. The van der Waals surface area contributed by atoms with Crippen molar-refractivity contribution in [1.82, 2.24) is 0 Å². The van der Waals surface area contributed by atoms with Gasteiger partial charge in [-0.2, -0.15) is 4.99 Å². The number of nitrogens with zero attached hydrogens (tertiary/aromatic N) is 2. The summed E-state index contributed by atoms with van der Waals surface area (Å²) in [5, 5.41) is 9.01. The first kappa shape index (κ1) is 18.9. The third-order valence-corrected chi connectivity index (χ3v) is 7.88. The van der Waals surface area contributed by atoms with Crippen LogP contribution in [0.2, 0.25) is 0 Å². The molecule has 1 N–H and O–H groups in total. The Balaban J connectivity index is 1.97. The number of sulfone groups is 1. The number of carbonyl (C=O) groups is 2. The number of aliphatic imine (C=N–C) groups is 1. The van der Waals surface area contributed by atoms with Gasteiger partial charge >= 0.3 is 5.97 Å². The lowest BCUT2D eigenvalue weighted by Gasteiger charge is -2.26. The maximum absolute atomic E-state index is 12.1. The fourth-order valence-corrected chi connectivity index (χ4v) is 7.14. The van der Waals surface area contributed by atoms with E-state index in [1.54, 1.807) is 0 Å². The first-order valence-corrected chi connectivity index (χ1v) is 10.9. The van der Waals surface area contributed by atoms with Crippen LogP contribution in [0.5, 0.6) is 0 Å². The lowest BCUT2D eigenvalue weighted by molar-refractivity contribution is -0.138. The number of thioether (sulfide) groups is 1. The summed E-state index contributed by atoms with van der Waals surface area (Å²) in [6.45, 7) is 3.93. The number of benzene rings is 1. The first-order valence-electron chi connectivity index (χ1n) is 8.24. The molecule has 1 amide bonds. The predicted molar refractivity (Wildman–Crippen MR) is 102 cm³/mol. The maximum Gasteiger partial charge on any atom is 0.303 e. The zero-order valence-corrected chi connectivity index (χ0v) is 16.1. The van der Waals surface area contributed by atoms with E-state index < -0.39 is 21.7 Å². The summed E-state index contributed by atoms with van der Waals surface area (Å²) < 4.78 is 24.1. The van der Waals surface area contributed by atoms with Crippen molar-refractivity contribution in [2.45, 2.75) is 38.0 Å². The molecule has 2 atom stereocenters. The third-order valence-electron chi connectivity index (χ3n) is 4.68. The van der Waals surface area contributed by atoms with Gasteiger partial charge in [-0.1, -0.05) is 23.9 Å². The van der Waals surface area contributed by atoms with Gasteiger partial charge < -0.3 is 10.0 Å². The molecule has 0 radical (unpaired) electrons. The lowest BCUT2D eigenvalue weighted by atomic mass is 10.1. The molecule has 0 saturated carbocycles. The minimum absolute atomic E-state index is 0.0282. The molecule has 3 rings (SSSR count). The zero-order chi connectivity index (χ0) is 19.1. The highest BCUT2D eigenvalue weighted by Gasteiger charge is 2.49. The van der Waals surface area contributed by atoms with E-state index in [1.807, 2.05) is 36.9 Å². The van der Waals surface area contributed by atoms with Crippen LogP contribution in [0.15, 0.2) is 23.2 Å². The van der Waals surface area contributed by atoms with E-state index in [-0.39, 0.29) is 35.6 Å². The van der Waals surface area contributed by atoms with Gasteiger partial charge in [0.2, 0.25) is 5.91 Å². The molecule has 140 valence electrons. The van der Waals surface area contributed by atoms with Crippen molar-refractivity contribution in [2.75, 3.05) is 16.4 Å². The summed E-state index contributed by atoms with van der Waals surface area (Å²) >= 11 is 1.29. The lowest BCUT2D eigenvalue weighted by Crippen LogP contribution is -2.38. The maximum atomic E-state index is 12.1. The molecule has 9 heteroatoms. The Morgan fingerprint density at radius 1 is 1.27 bits per heavy atom. The van der Waals surface area contributed by atoms with Crippen LogP contribution < -0.4 is 4.90 Å². The number of aliphatic carboxylic acids is 1. The predicted octanol–water partition coefficient (Wildman–Crippen LogP) is 1.77. The standard InChI is InChI=1S/C17H20N2O5S2/c1-10-4-3-5-12(11(10)2)19-13-8-26(23,24)9-14(13)25-17(19)18-15(20)6-7-16(21)22/h3-5,13-14H,6-9H2,1-2H3,(H,21,22). The van der Waals surface area contributed by atoms with E-state index in [0.717, 1.165) is 16.8 Å². The number of carboxylic acid groups (broad SMARTS) is 1. The molecule has 2 saturated heterocycles. The number of amidine groups is 1. The largest absolute Gasteiger partial charge is 0.481 e. The number of aryl methyl sites for hydroxylation is 1. The number of hydrogen-bond acceptors (Lipinski definition) is 5. The van der Waals surface area contributed by atoms with Gasteiger partial charge in [0.15, 0.2) is 15.0 Å². The Morgan fingerprint density at radius 2 is 2.00 bits per heavy atom. The molecule has 26 heavy (non-hydrogen) atoms. The van der Waals surface area contributed by atoms with Gasteiger partial charge in [0, 0.05) is 17.4 Å². The Bertz CT molecular complexity index is 894. The Morgan fingerprint density at radius 3 is 2.69 bits per heavy atom. The SMILES string of the molecule is Cc1cccc(N2C(=NC(=O)CCC(=O)O)SC3CS(=O)(=O)CC32)c1C. The second kappa shape index (κ2) is 7.03. The van der Waals surface area contributed by atoms with Crippen LogP contribution in [0.3, 0.4) is 0 Å². The van der Waals surface area contributed by atoms with Crippen LogP contribution in [0.4, 0.5) is 5.69 Å². The van der Waals surface area contributed by atoms with E-state index in [2.05, 4.69) is 4.99 Å². The number of fused-ring (bicyclic) bond motifs is 1. The summed E-state index contributed by atoms with van der Waals surface area (Å²) in [6.07, 6.45) is -0.446. The van der Waals surface area contributed by atoms with Crippen LogP contribution in [0.25, 0.3) is 0 Å². The van der Waals surface area contributed by atoms with Crippen molar-refractivity contribution in [3.8, 4) is 0 Å². The molecule has 0 spiro atoms. The van der Waals surface area contributed by atoms with Crippen LogP contribution in [-0.4, -0.2) is 53.4 Å². The normalized spacial score (nSPS) is 25.5. The number of carbonyl (C=O) groups excluding carboxylic acids is 1. The number of rotatable bonds is 4. The van der Waals surface area contributed by atoms with Gasteiger partial charge in [0.25, 0.3) is 0 Å². The van der Waals surface area contributed by atoms with Gasteiger partial charge in [-0.3, -0.25) is 9.59 Å². The highest BCUT2D eigenvalue weighted by atomic mass is 32.2. The molecule has 2 aliphatic heterocycles. The molecule has 2 fully saturated rings. The van der Waals surface area contributed by atoms with Crippen LogP contribution in [-0.2, 0) is 19.4 Å². The molecule has 2 aliphatic rings. The quantitative estimate of drug-likeness (QED) is 0.827.